The Morgan fingerprint density at radius 3 is 2.36 bits per heavy atom. The van der Waals surface area contributed by atoms with Crippen LogP contribution in [0.25, 0.3) is 0 Å². The van der Waals surface area contributed by atoms with E-state index in [0.717, 1.165) is 36.8 Å². The molecule has 2 aliphatic rings. The number of aryl methyl sites for hydroxylation is 1. The third-order valence-electron chi connectivity index (χ3n) is 5.68. The van der Waals surface area contributed by atoms with Crippen molar-refractivity contribution in [2.24, 2.45) is 0 Å². The predicted octanol–water partition coefficient (Wildman–Crippen LogP) is 3.32. The molecule has 0 N–H and O–H groups in total. The zero-order chi connectivity index (χ0) is 19.3. The van der Waals surface area contributed by atoms with Crippen molar-refractivity contribution in [2.45, 2.75) is 19.8 Å². The highest BCUT2D eigenvalue weighted by Crippen LogP contribution is 2.32. The second-order valence-corrected chi connectivity index (χ2v) is 7.67. The summed E-state index contributed by atoms with van der Waals surface area (Å²) in [7, 11) is 0. The maximum Gasteiger partial charge on any atom is 0.265 e. The molecule has 2 aromatic carbocycles. The van der Waals surface area contributed by atoms with Gasteiger partial charge in [-0.1, -0.05) is 29.8 Å². The van der Waals surface area contributed by atoms with Crippen LogP contribution < -0.4 is 14.5 Å². The number of carbonyl (C=O) groups is 1. The second-order valence-electron chi connectivity index (χ2n) is 7.67. The van der Waals surface area contributed by atoms with Gasteiger partial charge in [-0.3, -0.25) is 4.79 Å². The number of nitrogens with zero attached hydrogens (tertiary/aromatic N) is 3. The van der Waals surface area contributed by atoms with Crippen LogP contribution in [-0.2, 0) is 4.79 Å². The first-order chi connectivity index (χ1) is 13.7. The van der Waals surface area contributed by atoms with Gasteiger partial charge in [-0.15, -0.1) is 0 Å². The summed E-state index contributed by atoms with van der Waals surface area (Å²) in [4.78, 5) is 19.7. The van der Waals surface area contributed by atoms with Gasteiger partial charge in [0, 0.05) is 26.2 Å². The monoisotopic (exact) mass is 379 g/mol. The van der Waals surface area contributed by atoms with E-state index in [4.69, 9.17) is 4.74 Å². The quantitative estimate of drug-likeness (QED) is 0.771. The van der Waals surface area contributed by atoms with Crippen molar-refractivity contribution in [1.29, 1.82) is 0 Å². The van der Waals surface area contributed by atoms with E-state index in [1.165, 1.54) is 31.5 Å². The van der Waals surface area contributed by atoms with E-state index in [1.54, 1.807) is 0 Å². The fourth-order valence-electron chi connectivity index (χ4n) is 4.04. The number of rotatable bonds is 6. The van der Waals surface area contributed by atoms with Crippen molar-refractivity contribution >= 4 is 17.3 Å². The highest BCUT2D eigenvalue weighted by molar-refractivity contribution is 5.98. The van der Waals surface area contributed by atoms with Crippen molar-refractivity contribution < 1.29 is 9.53 Å². The third kappa shape index (κ3) is 4.30. The minimum atomic E-state index is 0.00668. The van der Waals surface area contributed by atoms with Gasteiger partial charge >= 0.3 is 0 Å². The van der Waals surface area contributed by atoms with E-state index in [1.807, 2.05) is 48.2 Å². The first kappa shape index (κ1) is 18.8. The van der Waals surface area contributed by atoms with Crippen LogP contribution in [0.5, 0.6) is 5.75 Å². The molecule has 148 valence electrons. The normalized spacial score (nSPS) is 16.9. The summed E-state index contributed by atoms with van der Waals surface area (Å²) in [5.74, 6) is 0.740. The number of amides is 1. The van der Waals surface area contributed by atoms with Gasteiger partial charge in [-0.2, -0.15) is 0 Å². The molecule has 4 rings (SSSR count). The molecule has 0 aromatic heterocycles. The molecular formula is C23H29N3O2. The molecular weight excluding hydrogens is 350 g/mol. The number of likely N-dealkylation sites (tertiary alicyclic amines) is 1. The van der Waals surface area contributed by atoms with Crippen LogP contribution in [0.3, 0.4) is 0 Å². The molecule has 0 unspecified atom stereocenters. The lowest BCUT2D eigenvalue weighted by Gasteiger charge is -2.38. The summed E-state index contributed by atoms with van der Waals surface area (Å²) in [5, 5.41) is 0. The van der Waals surface area contributed by atoms with E-state index < -0.39 is 0 Å². The van der Waals surface area contributed by atoms with Crippen molar-refractivity contribution in [1.82, 2.24) is 4.90 Å². The van der Waals surface area contributed by atoms with Crippen LogP contribution in [0.1, 0.15) is 18.4 Å². The van der Waals surface area contributed by atoms with Gasteiger partial charge in [-0.05, 0) is 57.1 Å². The topological polar surface area (TPSA) is 36.0 Å². The van der Waals surface area contributed by atoms with Gasteiger partial charge in [-0.25, -0.2) is 0 Å². The zero-order valence-corrected chi connectivity index (χ0v) is 16.6. The lowest BCUT2D eigenvalue weighted by atomic mass is 10.1. The Kier molecular flexibility index (Phi) is 5.81. The molecule has 0 aliphatic carbocycles. The van der Waals surface area contributed by atoms with Crippen LogP contribution in [-0.4, -0.2) is 56.7 Å². The highest BCUT2D eigenvalue weighted by Gasteiger charge is 2.27. The lowest BCUT2D eigenvalue weighted by molar-refractivity contribution is -0.120. The van der Waals surface area contributed by atoms with Gasteiger partial charge in [0.1, 0.15) is 5.75 Å². The third-order valence-corrected chi connectivity index (χ3v) is 5.68. The number of benzene rings is 2. The Hall–Kier alpha value is -2.53. The Bertz CT molecular complexity index is 800. The van der Waals surface area contributed by atoms with E-state index >= 15 is 0 Å². The Morgan fingerprint density at radius 2 is 1.61 bits per heavy atom. The van der Waals surface area contributed by atoms with Crippen LogP contribution in [0, 0.1) is 6.92 Å². The Morgan fingerprint density at radius 1 is 0.893 bits per heavy atom. The zero-order valence-electron chi connectivity index (χ0n) is 16.6. The molecule has 0 atom stereocenters. The SMILES string of the molecule is Cc1ccc(OCC(=O)N2CCN(CCN3CCCC3)c3ccccc32)cc1. The van der Waals surface area contributed by atoms with Gasteiger partial charge in [0.15, 0.2) is 6.61 Å². The van der Waals surface area contributed by atoms with E-state index in [9.17, 15) is 4.79 Å². The van der Waals surface area contributed by atoms with Gasteiger partial charge in [0.25, 0.3) is 5.91 Å². The summed E-state index contributed by atoms with van der Waals surface area (Å²) < 4.78 is 5.72. The van der Waals surface area contributed by atoms with Crippen LogP contribution >= 0.6 is 0 Å². The molecule has 2 heterocycles. The first-order valence-electron chi connectivity index (χ1n) is 10.3. The number of hydrogen-bond donors (Lipinski definition) is 0. The summed E-state index contributed by atoms with van der Waals surface area (Å²) in [6.45, 7) is 8.21. The Labute approximate surface area is 167 Å². The molecule has 1 saturated heterocycles. The number of para-hydroxylation sites is 2. The predicted molar refractivity (Wildman–Crippen MR) is 113 cm³/mol. The first-order valence-corrected chi connectivity index (χ1v) is 10.3. The van der Waals surface area contributed by atoms with Gasteiger partial charge in [0.2, 0.25) is 0 Å². The summed E-state index contributed by atoms with van der Waals surface area (Å²) in [5.41, 5.74) is 3.32. The second kappa shape index (κ2) is 8.65. The molecule has 0 saturated carbocycles. The largest absolute Gasteiger partial charge is 0.484 e. The molecule has 5 nitrogen and oxygen atoms in total. The Balaban J connectivity index is 1.40. The fourth-order valence-corrected chi connectivity index (χ4v) is 4.04. The molecule has 1 amide bonds. The molecule has 5 heteroatoms. The molecule has 28 heavy (non-hydrogen) atoms. The molecule has 2 aliphatic heterocycles. The van der Waals surface area contributed by atoms with E-state index in [-0.39, 0.29) is 12.5 Å². The molecule has 0 radical (unpaired) electrons. The number of ether oxygens (including phenoxy) is 1. The van der Waals surface area contributed by atoms with Gasteiger partial charge in [0.05, 0.1) is 11.4 Å². The lowest BCUT2D eigenvalue weighted by Crippen LogP contribution is -2.47. The van der Waals surface area contributed by atoms with Gasteiger partial charge < -0.3 is 19.4 Å². The maximum absolute atomic E-state index is 12.8. The number of anilines is 2. The minimum absolute atomic E-state index is 0.00668. The summed E-state index contributed by atoms with van der Waals surface area (Å²) >= 11 is 0. The molecule has 0 bridgehead atoms. The van der Waals surface area contributed by atoms with Crippen LogP contribution in [0.15, 0.2) is 48.5 Å². The van der Waals surface area contributed by atoms with E-state index in [2.05, 4.69) is 21.9 Å². The summed E-state index contributed by atoms with van der Waals surface area (Å²) in [6, 6.07) is 16.0. The fraction of sp³-hybridized carbons (Fsp3) is 0.435. The smallest absolute Gasteiger partial charge is 0.265 e. The number of fused-ring (bicyclic) bond motifs is 1. The minimum Gasteiger partial charge on any atom is -0.484 e. The average molecular weight is 380 g/mol. The molecule has 1 fully saturated rings. The van der Waals surface area contributed by atoms with Crippen molar-refractivity contribution in [3.63, 3.8) is 0 Å². The highest BCUT2D eigenvalue weighted by atomic mass is 16.5. The van der Waals surface area contributed by atoms with E-state index in [0.29, 0.717) is 6.54 Å². The number of hydrogen-bond acceptors (Lipinski definition) is 4. The molecule has 2 aromatic rings. The maximum atomic E-state index is 12.8. The number of carbonyl (C=O) groups excluding carboxylic acids is 1. The summed E-state index contributed by atoms with van der Waals surface area (Å²) in [6.07, 6.45) is 2.64. The van der Waals surface area contributed by atoms with Crippen molar-refractivity contribution in [3.8, 4) is 5.75 Å². The van der Waals surface area contributed by atoms with Crippen molar-refractivity contribution in [2.75, 3.05) is 55.7 Å². The van der Waals surface area contributed by atoms with Crippen LogP contribution in [0.2, 0.25) is 0 Å². The standard InChI is InChI=1S/C23H29N3O2/c1-19-8-10-20(11-9-19)28-18-23(27)26-17-16-25(15-14-24-12-4-5-13-24)21-6-2-3-7-22(21)26/h2-3,6-11H,4-5,12-18H2,1H3. The van der Waals surface area contributed by atoms with Crippen LogP contribution in [0.4, 0.5) is 11.4 Å². The average Bonchev–Trinajstić information content (AvgIpc) is 3.25. The molecule has 0 spiro atoms. The van der Waals surface area contributed by atoms with Crippen molar-refractivity contribution in [3.05, 3.63) is 54.1 Å².